The monoisotopic (exact) mass is 383 g/mol. The molecular formula is C18H14BrN3O2. The van der Waals surface area contributed by atoms with Gasteiger partial charge >= 0.3 is 0 Å². The molecule has 0 bridgehead atoms. The number of aromatic nitrogens is 1. The van der Waals surface area contributed by atoms with Crippen molar-refractivity contribution in [1.29, 1.82) is 0 Å². The number of fused-ring (bicyclic) bond motifs is 1. The summed E-state index contributed by atoms with van der Waals surface area (Å²) < 4.78 is 0.759. The Hall–Kier alpha value is -2.86. The summed E-state index contributed by atoms with van der Waals surface area (Å²) in [5.74, 6) is -0.838. The number of H-pyrrole nitrogens is 1. The predicted molar refractivity (Wildman–Crippen MR) is 97.1 cm³/mol. The molecule has 3 rings (SSSR count). The summed E-state index contributed by atoms with van der Waals surface area (Å²) >= 11 is 3.24. The highest BCUT2D eigenvalue weighted by Gasteiger charge is 2.08. The number of aromatic amines is 1. The van der Waals surface area contributed by atoms with Crippen LogP contribution in [-0.2, 0) is 4.79 Å². The van der Waals surface area contributed by atoms with Crippen LogP contribution in [0.3, 0.4) is 0 Å². The number of carbonyl (C=O) groups is 2. The molecular weight excluding hydrogens is 370 g/mol. The third-order valence-corrected chi connectivity index (χ3v) is 3.89. The minimum absolute atomic E-state index is 0.347. The molecule has 0 saturated carbocycles. The first-order chi connectivity index (χ1) is 11.6. The lowest BCUT2D eigenvalue weighted by Crippen LogP contribution is -2.40. The van der Waals surface area contributed by atoms with Gasteiger partial charge in [-0.05, 0) is 44.4 Å². The van der Waals surface area contributed by atoms with E-state index < -0.39 is 11.8 Å². The van der Waals surface area contributed by atoms with Crippen LogP contribution in [0.15, 0.2) is 65.3 Å². The van der Waals surface area contributed by atoms with Crippen LogP contribution in [0.1, 0.15) is 16.1 Å². The molecule has 0 aliphatic rings. The normalized spacial score (nSPS) is 10.9. The van der Waals surface area contributed by atoms with E-state index in [2.05, 4.69) is 31.8 Å². The van der Waals surface area contributed by atoms with Crippen molar-refractivity contribution in [3.63, 3.8) is 0 Å². The Balaban J connectivity index is 1.64. The highest BCUT2D eigenvalue weighted by atomic mass is 79.9. The first-order valence-corrected chi connectivity index (χ1v) is 8.03. The van der Waals surface area contributed by atoms with Gasteiger partial charge in [0.2, 0.25) is 0 Å². The summed E-state index contributed by atoms with van der Waals surface area (Å²) in [5, 5.41) is 2.16. The van der Waals surface area contributed by atoms with Crippen molar-refractivity contribution in [2.75, 3.05) is 0 Å². The molecule has 2 aromatic carbocycles. The second-order valence-electron chi connectivity index (χ2n) is 5.08. The predicted octanol–water partition coefficient (Wildman–Crippen LogP) is 3.40. The molecule has 3 N–H and O–H groups in total. The van der Waals surface area contributed by atoms with Gasteiger partial charge in [-0.2, -0.15) is 0 Å². The first-order valence-electron chi connectivity index (χ1n) is 7.23. The van der Waals surface area contributed by atoms with Crippen molar-refractivity contribution in [3.8, 4) is 0 Å². The van der Waals surface area contributed by atoms with Crippen molar-refractivity contribution in [2.45, 2.75) is 0 Å². The molecule has 0 aliphatic heterocycles. The van der Waals surface area contributed by atoms with E-state index in [0.717, 1.165) is 20.8 Å². The highest BCUT2D eigenvalue weighted by molar-refractivity contribution is 9.10. The van der Waals surface area contributed by atoms with Gasteiger partial charge in [-0.3, -0.25) is 20.4 Å². The van der Waals surface area contributed by atoms with Crippen molar-refractivity contribution >= 4 is 44.6 Å². The second-order valence-corrected chi connectivity index (χ2v) is 5.99. The van der Waals surface area contributed by atoms with Gasteiger partial charge in [0, 0.05) is 16.7 Å². The molecule has 0 radical (unpaired) electrons. The maximum atomic E-state index is 11.9. The maximum absolute atomic E-state index is 11.9. The van der Waals surface area contributed by atoms with Gasteiger partial charge in [0.1, 0.15) is 5.69 Å². The molecule has 3 aromatic rings. The van der Waals surface area contributed by atoms with Gasteiger partial charge in [0.25, 0.3) is 11.8 Å². The fraction of sp³-hybridized carbons (Fsp3) is 0. The van der Waals surface area contributed by atoms with Crippen LogP contribution in [0.2, 0.25) is 0 Å². The molecule has 6 heteroatoms. The summed E-state index contributed by atoms with van der Waals surface area (Å²) in [6, 6.07) is 15.4. The summed E-state index contributed by atoms with van der Waals surface area (Å²) in [5.41, 5.74) is 5.97. The fourth-order valence-corrected chi connectivity index (χ4v) is 2.63. The van der Waals surface area contributed by atoms with E-state index in [4.69, 9.17) is 0 Å². The van der Waals surface area contributed by atoms with E-state index >= 15 is 0 Å². The zero-order chi connectivity index (χ0) is 16.9. The Bertz CT molecular complexity index is 925. The fourth-order valence-electron chi connectivity index (χ4n) is 2.29. The average molecular weight is 384 g/mol. The van der Waals surface area contributed by atoms with Crippen molar-refractivity contribution in [3.05, 3.63) is 76.5 Å². The number of halogens is 1. The number of amides is 2. The molecule has 1 heterocycles. The van der Waals surface area contributed by atoms with Crippen molar-refractivity contribution in [1.82, 2.24) is 15.8 Å². The summed E-state index contributed by atoms with van der Waals surface area (Å²) in [4.78, 5) is 26.4. The van der Waals surface area contributed by atoms with Crippen LogP contribution < -0.4 is 10.9 Å². The third kappa shape index (κ3) is 3.72. The third-order valence-electron chi connectivity index (χ3n) is 3.43. The molecule has 0 atom stereocenters. The van der Waals surface area contributed by atoms with E-state index in [9.17, 15) is 9.59 Å². The zero-order valence-corrected chi connectivity index (χ0v) is 14.1. The quantitative estimate of drug-likeness (QED) is 0.478. The lowest BCUT2D eigenvalue weighted by Gasteiger charge is -2.04. The Morgan fingerprint density at radius 3 is 2.62 bits per heavy atom. The van der Waals surface area contributed by atoms with Gasteiger partial charge in [0.15, 0.2) is 0 Å². The van der Waals surface area contributed by atoms with Gasteiger partial charge in [-0.15, -0.1) is 0 Å². The molecule has 24 heavy (non-hydrogen) atoms. The molecule has 0 saturated heterocycles. The second kappa shape index (κ2) is 7.14. The summed E-state index contributed by atoms with van der Waals surface area (Å²) in [6.45, 7) is 0. The van der Waals surface area contributed by atoms with Crippen LogP contribution >= 0.6 is 15.9 Å². The zero-order valence-electron chi connectivity index (χ0n) is 12.5. The molecule has 0 aliphatic carbocycles. The smallest absolute Gasteiger partial charge is 0.286 e. The molecule has 1 aromatic heterocycles. The number of hydrogen-bond donors (Lipinski definition) is 3. The van der Waals surface area contributed by atoms with Crippen LogP contribution in [0, 0.1) is 0 Å². The number of nitrogens with one attached hydrogen (secondary N) is 3. The number of benzene rings is 2. The largest absolute Gasteiger partial charge is 0.356 e. The van der Waals surface area contributed by atoms with Gasteiger partial charge in [-0.1, -0.05) is 42.5 Å². The van der Waals surface area contributed by atoms with Gasteiger partial charge in [0.05, 0.1) is 0 Å². The molecule has 0 spiro atoms. The summed E-state index contributed by atoms with van der Waals surface area (Å²) in [7, 11) is 0. The number of hydrazine groups is 1. The SMILES string of the molecule is O=C(/C=C/c1cccc2ccccc12)NNC(=O)c1cc(Br)c[nH]1. The Labute approximate surface area is 146 Å². The van der Waals surface area contributed by atoms with E-state index in [1.54, 1.807) is 18.3 Å². The van der Waals surface area contributed by atoms with Gasteiger partial charge < -0.3 is 4.98 Å². The maximum Gasteiger partial charge on any atom is 0.286 e. The molecule has 0 unspecified atom stereocenters. The van der Waals surface area contributed by atoms with E-state index in [0.29, 0.717) is 5.69 Å². The Kier molecular flexibility index (Phi) is 4.77. The highest BCUT2D eigenvalue weighted by Crippen LogP contribution is 2.19. The first kappa shape index (κ1) is 16.0. The molecule has 0 fully saturated rings. The standard InChI is InChI=1S/C18H14BrN3O2/c19-14-10-16(20-11-14)18(24)22-21-17(23)9-8-13-6-3-5-12-4-1-2-7-15(12)13/h1-11,20H,(H,21,23)(H,22,24)/b9-8+. The van der Waals surface area contributed by atoms with Crippen molar-refractivity contribution in [2.24, 2.45) is 0 Å². The Morgan fingerprint density at radius 1 is 1.04 bits per heavy atom. The lowest BCUT2D eigenvalue weighted by molar-refractivity contribution is -0.117. The van der Waals surface area contributed by atoms with E-state index in [1.165, 1.54) is 6.08 Å². The van der Waals surface area contributed by atoms with Crippen LogP contribution in [-0.4, -0.2) is 16.8 Å². The van der Waals surface area contributed by atoms with Crippen LogP contribution in [0.4, 0.5) is 0 Å². The van der Waals surface area contributed by atoms with E-state index in [-0.39, 0.29) is 0 Å². The Morgan fingerprint density at radius 2 is 1.83 bits per heavy atom. The van der Waals surface area contributed by atoms with E-state index in [1.807, 2.05) is 42.5 Å². The molecule has 120 valence electrons. The lowest BCUT2D eigenvalue weighted by atomic mass is 10.0. The molecule has 2 amide bonds. The minimum atomic E-state index is -0.424. The minimum Gasteiger partial charge on any atom is -0.356 e. The van der Waals surface area contributed by atoms with Crippen molar-refractivity contribution < 1.29 is 9.59 Å². The van der Waals surface area contributed by atoms with Gasteiger partial charge in [-0.25, -0.2) is 0 Å². The topological polar surface area (TPSA) is 74.0 Å². The average Bonchev–Trinajstić information content (AvgIpc) is 3.04. The van der Waals surface area contributed by atoms with Crippen LogP contribution in [0.5, 0.6) is 0 Å². The number of rotatable bonds is 3. The summed E-state index contributed by atoms with van der Waals surface area (Å²) in [6.07, 6.45) is 4.74. The number of carbonyl (C=O) groups excluding carboxylic acids is 2. The molecule has 5 nitrogen and oxygen atoms in total. The van der Waals surface area contributed by atoms with Crippen LogP contribution in [0.25, 0.3) is 16.8 Å². The number of hydrogen-bond acceptors (Lipinski definition) is 2.